The van der Waals surface area contributed by atoms with Gasteiger partial charge in [-0.25, -0.2) is 0 Å². The van der Waals surface area contributed by atoms with Crippen LogP contribution in [0.5, 0.6) is 5.75 Å². The van der Waals surface area contributed by atoms with Crippen molar-refractivity contribution < 1.29 is 19.1 Å². The van der Waals surface area contributed by atoms with Gasteiger partial charge in [-0.2, -0.15) is 0 Å². The Morgan fingerprint density at radius 2 is 1.92 bits per heavy atom. The van der Waals surface area contributed by atoms with Crippen LogP contribution in [-0.4, -0.2) is 32.0 Å². The van der Waals surface area contributed by atoms with E-state index in [0.717, 1.165) is 11.8 Å². The largest absolute Gasteiger partial charge is 0.494 e. The number of carbonyl (C=O) groups is 2. The molecule has 0 saturated heterocycles. The van der Waals surface area contributed by atoms with Crippen molar-refractivity contribution in [2.75, 3.05) is 19.8 Å². The Balaban J connectivity index is 1.53. The average molecular weight is 327 g/mol. The summed E-state index contributed by atoms with van der Waals surface area (Å²) in [7, 11) is 0. The molecule has 0 aliphatic rings. The van der Waals surface area contributed by atoms with Crippen molar-refractivity contribution in [3.05, 3.63) is 65.7 Å². The molecule has 5 heteroatoms. The van der Waals surface area contributed by atoms with E-state index in [2.05, 4.69) is 5.32 Å². The van der Waals surface area contributed by atoms with Gasteiger partial charge in [0.15, 0.2) is 0 Å². The molecular weight excluding hydrogens is 306 g/mol. The molecule has 0 radical (unpaired) electrons. The maximum atomic E-state index is 11.6. The zero-order valence-corrected chi connectivity index (χ0v) is 13.4. The average Bonchev–Trinajstić information content (AvgIpc) is 2.62. The van der Waals surface area contributed by atoms with Gasteiger partial charge in [0.1, 0.15) is 18.6 Å². The molecule has 1 N–H and O–H groups in total. The van der Waals surface area contributed by atoms with Crippen LogP contribution in [0.15, 0.2) is 54.6 Å². The highest BCUT2D eigenvalue weighted by molar-refractivity contribution is 5.77. The van der Waals surface area contributed by atoms with Gasteiger partial charge in [-0.05, 0) is 24.1 Å². The number of ether oxygens (including phenoxy) is 2. The van der Waals surface area contributed by atoms with Gasteiger partial charge in [0, 0.05) is 12.1 Å². The number of carbonyl (C=O) groups excluding carboxylic acids is 2. The second-order valence-electron chi connectivity index (χ2n) is 5.22. The molecule has 24 heavy (non-hydrogen) atoms. The Labute approximate surface area is 141 Å². The Kier molecular flexibility index (Phi) is 7.50. The first-order valence-corrected chi connectivity index (χ1v) is 7.84. The Morgan fingerprint density at radius 1 is 1.08 bits per heavy atom. The first-order chi connectivity index (χ1) is 11.8. The van der Waals surface area contributed by atoms with Crippen molar-refractivity contribution in [2.24, 2.45) is 0 Å². The smallest absolute Gasteiger partial charge is 0.246 e. The fraction of sp³-hybridized carbons (Fsp3) is 0.263. The highest BCUT2D eigenvalue weighted by atomic mass is 16.5. The lowest BCUT2D eigenvalue weighted by Gasteiger charge is -2.08. The molecule has 2 aromatic rings. The molecule has 126 valence electrons. The first kappa shape index (κ1) is 17.7. The minimum absolute atomic E-state index is 0.0388. The summed E-state index contributed by atoms with van der Waals surface area (Å²) >= 11 is 0. The highest BCUT2D eigenvalue weighted by Gasteiger charge is 2.01. The fourth-order valence-corrected chi connectivity index (χ4v) is 2.05. The molecule has 1 amide bonds. The number of amides is 1. The summed E-state index contributed by atoms with van der Waals surface area (Å²) in [6.07, 6.45) is 1.46. The molecule has 2 rings (SSSR count). The molecule has 0 aromatic heterocycles. The molecular formula is C19H21NO4. The summed E-state index contributed by atoms with van der Waals surface area (Å²) in [4.78, 5) is 22.3. The Hall–Kier alpha value is -2.66. The molecule has 0 aliphatic carbocycles. The summed E-state index contributed by atoms with van der Waals surface area (Å²) in [5.41, 5.74) is 1.62. The second kappa shape index (κ2) is 10.2. The van der Waals surface area contributed by atoms with Crippen LogP contribution in [0.1, 0.15) is 22.3 Å². The molecule has 0 spiro atoms. The number of hydrogen-bond donors (Lipinski definition) is 1. The van der Waals surface area contributed by atoms with E-state index < -0.39 is 0 Å². The van der Waals surface area contributed by atoms with E-state index in [4.69, 9.17) is 9.47 Å². The fourth-order valence-electron chi connectivity index (χ4n) is 2.05. The van der Waals surface area contributed by atoms with Crippen molar-refractivity contribution >= 4 is 12.2 Å². The van der Waals surface area contributed by atoms with E-state index in [1.807, 2.05) is 30.3 Å². The summed E-state index contributed by atoms with van der Waals surface area (Å²) in [6.45, 7) is 1.44. The quantitative estimate of drug-likeness (QED) is 0.538. The van der Waals surface area contributed by atoms with Crippen LogP contribution in [0.2, 0.25) is 0 Å². The van der Waals surface area contributed by atoms with Crippen LogP contribution in [-0.2, 0) is 16.1 Å². The predicted octanol–water partition coefficient (Wildman–Crippen LogP) is 2.60. The lowest BCUT2D eigenvalue weighted by molar-refractivity contribution is -0.126. The van der Waals surface area contributed by atoms with Gasteiger partial charge in [-0.15, -0.1) is 0 Å². The van der Waals surface area contributed by atoms with E-state index in [1.54, 1.807) is 24.3 Å². The first-order valence-electron chi connectivity index (χ1n) is 7.84. The van der Waals surface area contributed by atoms with E-state index in [-0.39, 0.29) is 12.5 Å². The predicted molar refractivity (Wildman–Crippen MR) is 91.0 cm³/mol. The normalized spacial score (nSPS) is 10.2. The topological polar surface area (TPSA) is 64.6 Å². The molecule has 0 saturated carbocycles. The Morgan fingerprint density at radius 3 is 2.71 bits per heavy atom. The molecule has 0 heterocycles. The molecule has 5 nitrogen and oxygen atoms in total. The van der Waals surface area contributed by atoms with Crippen LogP contribution < -0.4 is 10.1 Å². The van der Waals surface area contributed by atoms with Gasteiger partial charge >= 0.3 is 0 Å². The van der Waals surface area contributed by atoms with Crippen LogP contribution in [0.25, 0.3) is 0 Å². The van der Waals surface area contributed by atoms with Gasteiger partial charge in [0.25, 0.3) is 0 Å². The van der Waals surface area contributed by atoms with Crippen molar-refractivity contribution in [1.29, 1.82) is 0 Å². The van der Waals surface area contributed by atoms with Gasteiger partial charge in [-0.3, -0.25) is 9.59 Å². The van der Waals surface area contributed by atoms with Crippen molar-refractivity contribution in [3.63, 3.8) is 0 Å². The summed E-state index contributed by atoms with van der Waals surface area (Å²) in [6, 6.07) is 16.7. The number of nitrogens with one attached hydrogen (secondary N) is 1. The third kappa shape index (κ3) is 6.62. The number of benzene rings is 2. The molecule has 0 atom stereocenters. The molecule has 0 fully saturated rings. The Bertz CT molecular complexity index is 643. The maximum absolute atomic E-state index is 11.6. The van der Waals surface area contributed by atoms with Crippen LogP contribution in [0.3, 0.4) is 0 Å². The highest BCUT2D eigenvalue weighted by Crippen LogP contribution is 2.11. The second-order valence-corrected chi connectivity index (χ2v) is 5.22. The summed E-state index contributed by atoms with van der Waals surface area (Å²) in [5.74, 6) is 0.506. The lowest BCUT2D eigenvalue weighted by atomic mass is 10.2. The molecule has 0 unspecified atom stereocenters. The van der Waals surface area contributed by atoms with E-state index in [9.17, 15) is 9.59 Å². The summed E-state index contributed by atoms with van der Waals surface area (Å²) in [5, 5.41) is 2.78. The minimum Gasteiger partial charge on any atom is -0.494 e. The number of hydrogen-bond acceptors (Lipinski definition) is 4. The van der Waals surface area contributed by atoms with Crippen molar-refractivity contribution in [2.45, 2.75) is 13.0 Å². The molecule has 2 aromatic carbocycles. The number of rotatable bonds is 10. The zero-order chi connectivity index (χ0) is 17.0. The standard InChI is InChI=1S/C19H21NO4/c21-13-17-8-4-9-18(12-17)24-11-5-10-20-19(22)15-23-14-16-6-2-1-3-7-16/h1-4,6-9,12-13H,5,10-11,14-15H2,(H,20,22). The minimum atomic E-state index is -0.145. The van der Waals surface area contributed by atoms with Gasteiger partial charge in [0.05, 0.1) is 13.2 Å². The lowest BCUT2D eigenvalue weighted by Crippen LogP contribution is -2.29. The third-order valence-corrected chi connectivity index (χ3v) is 3.25. The van der Waals surface area contributed by atoms with E-state index in [1.165, 1.54) is 0 Å². The monoisotopic (exact) mass is 327 g/mol. The van der Waals surface area contributed by atoms with Gasteiger partial charge in [0.2, 0.25) is 5.91 Å². The van der Waals surface area contributed by atoms with Gasteiger partial charge < -0.3 is 14.8 Å². The van der Waals surface area contributed by atoms with Crippen molar-refractivity contribution in [1.82, 2.24) is 5.32 Å². The molecule has 0 aliphatic heterocycles. The van der Waals surface area contributed by atoms with Crippen LogP contribution >= 0.6 is 0 Å². The third-order valence-electron chi connectivity index (χ3n) is 3.25. The zero-order valence-electron chi connectivity index (χ0n) is 13.4. The van der Waals surface area contributed by atoms with E-state index >= 15 is 0 Å². The van der Waals surface area contributed by atoms with E-state index in [0.29, 0.717) is 37.5 Å². The number of aldehydes is 1. The molecule has 0 bridgehead atoms. The van der Waals surface area contributed by atoms with Gasteiger partial charge in [-0.1, -0.05) is 42.5 Å². The van der Waals surface area contributed by atoms with Crippen LogP contribution in [0.4, 0.5) is 0 Å². The van der Waals surface area contributed by atoms with Crippen molar-refractivity contribution in [3.8, 4) is 5.75 Å². The summed E-state index contributed by atoms with van der Waals surface area (Å²) < 4.78 is 10.9. The maximum Gasteiger partial charge on any atom is 0.246 e. The SMILES string of the molecule is O=Cc1cccc(OCCCNC(=O)COCc2ccccc2)c1. The van der Waals surface area contributed by atoms with Crippen LogP contribution in [0, 0.1) is 0 Å².